The van der Waals surface area contributed by atoms with Crippen molar-refractivity contribution in [1.29, 1.82) is 0 Å². The number of hydrogen-bond acceptors (Lipinski definition) is 4. The second-order valence-electron chi connectivity index (χ2n) is 6.16. The molecule has 146 valence electrons. The average molecular weight is 421 g/mol. The lowest BCUT2D eigenvalue weighted by molar-refractivity contribution is 0.587. The van der Waals surface area contributed by atoms with Crippen molar-refractivity contribution in [3.05, 3.63) is 78.4 Å². The van der Waals surface area contributed by atoms with Crippen LogP contribution in [0.15, 0.2) is 76.4 Å². The van der Waals surface area contributed by atoms with E-state index in [1.165, 1.54) is 24.6 Å². The Morgan fingerprint density at radius 3 is 2.64 bits per heavy atom. The van der Waals surface area contributed by atoms with Crippen LogP contribution >= 0.6 is 12.4 Å². The quantitative estimate of drug-likeness (QED) is 0.519. The molecule has 0 aliphatic carbocycles. The third-order valence-corrected chi connectivity index (χ3v) is 6.02. The van der Waals surface area contributed by atoms with Crippen LogP contribution in [0.3, 0.4) is 0 Å². The largest absolute Gasteiger partial charge is 0.464 e. The highest BCUT2D eigenvalue weighted by Gasteiger charge is 2.23. The SMILES string of the molecule is CNCc1cc(-c2ccccc2F)n(S(=O)(=O)c2ccc3occc3c2)c1.Cl. The molecular formula is C20H18ClFN2O3S. The highest BCUT2D eigenvalue weighted by Crippen LogP contribution is 2.30. The molecule has 5 nitrogen and oxygen atoms in total. The smallest absolute Gasteiger partial charge is 0.268 e. The van der Waals surface area contributed by atoms with Gasteiger partial charge in [-0.25, -0.2) is 16.8 Å². The maximum absolute atomic E-state index is 14.4. The van der Waals surface area contributed by atoms with Crippen molar-refractivity contribution in [2.24, 2.45) is 0 Å². The number of benzene rings is 2. The van der Waals surface area contributed by atoms with Gasteiger partial charge < -0.3 is 9.73 Å². The summed E-state index contributed by atoms with van der Waals surface area (Å²) in [6.45, 7) is 0.463. The average Bonchev–Trinajstić information content (AvgIpc) is 3.29. The predicted molar refractivity (Wildman–Crippen MR) is 109 cm³/mol. The van der Waals surface area contributed by atoms with Gasteiger partial charge in [0.05, 0.1) is 16.9 Å². The van der Waals surface area contributed by atoms with Gasteiger partial charge in [-0.05, 0) is 55.1 Å². The molecular weight excluding hydrogens is 403 g/mol. The molecule has 0 bridgehead atoms. The molecule has 0 amide bonds. The second kappa shape index (κ2) is 7.79. The number of aromatic nitrogens is 1. The van der Waals surface area contributed by atoms with Crippen LogP contribution in [0.4, 0.5) is 4.39 Å². The molecule has 28 heavy (non-hydrogen) atoms. The Balaban J connectivity index is 0.00000225. The minimum Gasteiger partial charge on any atom is -0.464 e. The Bertz CT molecular complexity index is 1230. The summed E-state index contributed by atoms with van der Waals surface area (Å²) in [5.41, 5.74) is 1.86. The molecule has 1 N–H and O–H groups in total. The van der Waals surface area contributed by atoms with E-state index in [1.807, 2.05) is 0 Å². The first kappa shape index (κ1) is 20.1. The predicted octanol–water partition coefficient (Wildman–Crippen LogP) is 4.42. The molecule has 4 rings (SSSR count). The summed E-state index contributed by atoms with van der Waals surface area (Å²) in [5.74, 6) is -0.478. The Morgan fingerprint density at radius 1 is 1.11 bits per heavy atom. The van der Waals surface area contributed by atoms with Gasteiger partial charge in [-0.15, -0.1) is 12.4 Å². The van der Waals surface area contributed by atoms with Gasteiger partial charge in [0.1, 0.15) is 11.4 Å². The maximum atomic E-state index is 14.4. The molecule has 2 aromatic carbocycles. The molecule has 0 spiro atoms. The number of nitrogens with zero attached hydrogens (tertiary/aromatic N) is 1. The van der Waals surface area contributed by atoms with Crippen LogP contribution in [0.1, 0.15) is 5.56 Å². The van der Waals surface area contributed by atoms with Crippen molar-refractivity contribution in [3.8, 4) is 11.3 Å². The Kier molecular flexibility index (Phi) is 5.60. The number of furan rings is 1. The van der Waals surface area contributed by atoms with Crippen molar-refractivity contribution >= 4 is 33.4 Å². The Labute approximate surface area is 168 Å². The molecule has 0 aliphatic heterocycles. The fourth-order valence-corrected chi connectivity index (χ4v) is 4.51. The lowest BCUT2D eigenvalue weighted by Crippen LogP contribution is -2.13. The third-order valence-electron chi connectivity index (χ3n) is 4.35. The fourth-order valence-electron chi connectivity index (χ4n) is 3.08. The van der Waals surface area contributed by atoms with Gasteiger partial charge in [0, 0.05) is 23.7 Å². The van der Waals surface area contributed by atoms with Gasteiger partial charge in [-0.3, -0.25) is 0 Å². The Morgan fingerprint density at radius 2 is 1.89 bits per heavy atom. The number of halogens is 2. The minimum absolute atomic E-state index is 0. The van der Waals surface area contributed by atoms with Crippen LogP contribution in [0, 0.1) is 5.82 Å². The summed E-state index contributed by atoms with van der Waals surface area (Å²) < 4.78 is 47.4. The molecule has 0 saturated carbocycles. The van der Waals surface area contributed by atoms with Crippen LogP contribution in [-0.2, 0) is 16.6 Å². The first-order valence-corrected chi connectivity index (χ1v) is 9.78. The third kappa shape index (κ3) is 3.44. The molecule has 0 radical (unpaired) electrons. The lowest BCUT2D eigenvalue weighted by atomic mass is 10.1. The standard InChI is InChI=1S/C20H17FN2O3S.ClH/c1-22-12-14-10-19(17-4-2-3-5-18(17)21)23(13-14)27(24,25)16-6-7-20-15(11-16)8-9-26-20;/h2-11,13,22H,12H2,1H3;1H. The topological polar surface area (TPSA) is 64.2 Å². The van der Waals surface area contributed by atoms with E-state index in [-0.39, 0.29) is 28.6 Å². The van der Waals surface area contributed by atoms with Crippen LogP contribution in [-0.4, -0.2) is 19.4 Å². The molecule has 4 aromatic rings. The first-order valence-electron chi connectivity index (χ1n) is 8.34. The number of nitrogens with one attached hydrogen (secondary N) is 1. The monoisotopic (exact) mass is 420 g/mol. The summed E-state index contributed by atoms with van der Waals surface area (Å²) >= 11 is 0. The molecule has 0 saturated heterocycles. The van der Waals surface area contributed by atoms with E-state index in [1.54, 1.807) is 49.5 Å². The molecule has 0 aliphatic rings. The highest BCUT2D eigenvalue weighted by molar-refractivity contribution is 7.90. The molecule has 8 heteroatoms. The molecule has 0 fully saturated rings. The van der Waals surface area contributed by atoms with Gasteiger partial charge in [0.15, 0.2) is 0 Å². The van der Waals surface area contributed by atoms with E-state index in [9.17, 15) is 12.8 Å². The zero-order chi connectivity index (χ0) is 19.0. The highest BCUT2D eigenvalue weighted by atomic mass is 35.5. The van der Waals surface area contributed by atoms with Crippen molar-refractivity contribution < 1.29 is 17.2 Å². The van der Waals surface area contributed by atoms with E-state index in [4.69, 9.17) is 4.42 Å². The summed E-state index contributed by atoms with van der Waals surface area (Å²) in [5, 5.41) is 3.67. The van der Waals surface area contributed by atoms with Crippen LogP contribution in [0.25, 0.3) is 22.2 Å². The van der Waals surface area contributed by atoms with Crippen LogP contribution in [0.5, 0.6) is 0 Å². The number of rotatable bonds is 5. The van der Waals surface area contributed by atoms with Gasteiger partial charge in [0.2, 0.25) is 0 Å². The Hall–Kier alpha value is -2.61. The van der Waals surface area contributed by atoms with Crippen LogP contribution in [0.2, 0.25) is 0 Å². The van der Waals surface area contributed by atoms with Crippen molar-refractivity contribution in [3.63, 3.8) is 0 Å². The molecule has 0 unspecified atom stereocenters. The van der Waals surface area contributed by atoms with Gasteiger partial charge in [0.25, 0.3) is 10.0 Å². The number of fused-ring (bicyclic) bond motifs is 1. The number of hydrogen-bond donors (Lipinski definition) is 1. The molecule has 2 aromatic heterocycles. The van der Waals surface area contributed by atoms with Gasteiger partial charge >= 0.3 is 0 Å². The zero-order valence-corrected chi connectivity index (χ0v) is 16.6. The summed E-state index contributed by atoms with van der Waals surface area (Å²) in [6.07, 6.45) is 3.03. The van der Waals surface area contributed by atoms with E-state index < -0.39 is 15.8 Å². The van der Waals surface area contributed by atoms with Gasteiger partial charge in [-0.2, -0.15) is 0 Å². The minimum atomic E-state index is -3.92. The van der Waals surface area contributed by atoms with Crippen molar-refractivity contribution in [2.45, 2.75) is 11.4 Å². The second-order valence-corrected chi connectivity index (χ2v) is 7.98. The summed E-state index contributed by atoms with van der Waals surface area (Å²) in [7, 11) is -2.16. The van der Waals surface area contributed by atoms with Gasteiger partial charge in [-0.1, -0.05) is 12.1 Å². The van der Waals surface area contributed by atoms with E-state index in [2.05, 4.69) is 5.32 Å². The zero-order valence-electron chi connectivity index (χ0n) is 14.9. The van der Waals surface area contributed by atoms with E-state index in [0.717, 1.165) is 9.54 Å². The maximum Gasteiger partial charge on any atom is 0.268 e. The fraction of sp³-hybridized carbons (Fsp3) is 0.100. The van der Waals surface area contributed by atoms with E-state index in [0.29, 0.717) is 17.5 Å². The lowest BCUT2D eigenvalue weighted by Gasteiger charge is -2.11. The summed E-state index contributed by atoms with van der Waals surface area (Å²) in [4.78, 5) is 0.112. The van der Waals surface area contributed by atoms with Crippen molar-refractivity contribution in [1.82, 2.24) is 9.29 Å². The van der Waals surface area contributed by atoms with Crippen LogP contribution < -0.4 is 5.32 Å². The van der Waals surface area contributed by atoms with E-state index >= 15 is 0 Å². The normalized spacial score (nSPS) is 11.5. The molecule has 0 atom stereocenters. The summed E-state index contributed by atoms with van der Waals surface area (Å²) in [6, 6.07) is 14.2. The molecule has 2 heterocycles. The van der Waals surface area contributed by atoms with Crippen molar-refractivity contribution in [2.75, 3.05) is 7.05 Å². The first-order chi connectivity index (χ1) is 13.0.